The van der Waals surface area contributed by atoms with E-state index >= 15 is 0 Å². The van der Waals surface area contributed by atoms with Crippen LogP contribution in [-0.4, -0.2) is 64.4 Å². The molecule has 0 rings (SSSR count). The van der Waals surface area contributed by atoms with Crippen molar-refractivity contribution in [3.8, 4) is 0 Å². The fourth-order valence-corrected chi connectivity index (χ4v) is 2.67. The Morgan fingerprint density at radius 1 is 0.762 bits per heavy atom. The predicted octanol–water partition coefficient (Wildman–Crippen LogP) is 4.83. The van der Waals surface area contributed by atoms with Crippen LogP contribution in [0.2, 0.25) is 0 Å². The van der Waals surface area contributed by atoms with E-state index in [2.05, 4.69) is 6.92 Å². The molecular formula is C16H33KO3S. The number of unbranched alkanes of at least 4 members (excludes halogenated alkanes) is 12. The normalized spacial score (nSPS) is 11.7. The molecule has 0 aromatic carbocycles. The van der Waals surface area contributed by atoms with Gasteiger partial charge in [-0.05, 0) is 12.8 Å². The molecule has 1 N–H and O–H groups in total. The van der Waals surface area contributed by atoms with E-state index in [9.17, 15) is 8.42 Å². The minimum absolute atomic E-state index is 0. The second kappa shape index (κ2) is 17.6. The first-order valence-electron chi connectivity index (χ1n) is 8.20. The molecule has 0 aromatic rings. The summed E-state index contributed by atoms with van der Waals surface area (Å²) in [6, 6.07) is 0. The summed E-state index contributed by atoms with van der Waals surface area (Å²) >= 11 is 0. The summed E-state index contributed by atoms with van der Waals surface area (Å²) in [4.78, 5) is 0. The van der Waals surface area contributed by atoms with Crippen LogP contribution in [0.4, 0.5) is 0 Å². The van der Waals surface area contributed by atoms with Crippen LogP contribution in [0.5, 0.6) is 0 Å². The zero-order valence-corrected chi connectivity index (χ0v) is 13.8. The summed E-state index contributed by atoms with van der Waals surface area (Å²) in [5.41, 5.74) is 0. The number of rotatable bonds is 14. The van der Waals surface area contributed by atoms with Crippen molar-refractivity contribution in [3.63, 3.8) is 0 Å². The summed E-state index contributed by atoms with van der Waals surface area (Å²) in [7, 11) is -3.92. The number of hydrogen-bond donors (Lipinski definition) is 1. The van der Waals surface area contributed by atoms with Crippen LogP contribution < -0.4 is 0 Å². The van der Waals surface area contributed by atoms with Crippen LogP contribution in [0.1, 0.15) is 90.4 Å². The summed E-state index contributed by atoms with van der Waals surface area (Å²) in [6.45, 7) is 2.25. The molecule has 0 aliphatic rings. The molecule has 0 heterocycles. The predicted molar refractivity (Wildman–Crippen MR) is 93.5 cm³/mol. The second-order valence-electron chi connectivity index (χ2n) is 5.56. The second-order valence-corrected chi connectivity index (χ2v) is 6.87. The molecule has 3 nitrogen and oxygen atoms in total. The van der Waals surface area contributed by atoms with Crippen molar-refractivity contribution in [3.05, 3.63) is 11.5 Å². The topological polar surface area (TPSA) is 54.4 Å². The summed E-state index contributed by atoms with van der Waals surface area (Å²) in [5, 5.41) is 0.880. The molecule has 0 fully saturated rings. The Labute approximate surface area is 174 Å². The molecule has 0 atom stereocenters. The van der Waals surface area contributed by atoms with E-state index in [1.54, 1.807) is 0 Å². The minimum atomic E-state index is -3.92. The van der Waals surface area contributed by atoms with Gasteiger partial charge in [0, 0.05) is 0 Å². The van der Waals surface area contributed by atoms with E-state index in [-0.39, 0.29) is 51.4 Å². The van der Waals surface area contributed by atoms with Gasteiger partial charge in [0.25, 0.3) is 10.1 Å². The van der Waals surface area contributed by atoms with Crippen molar-refractivity contribution in [1.82, 2.24) is 0 Å². The Morgan fingerprint density at radius 3 is 1.52 bits per heavy atom. The van der Waals surface area contributed by atoms with Gasteiger partial charge in [-0.1, -0.05) is 83.6 Å². The SMILES string of the molecule is CCCCCCCCCCCCCCC=CS(=O)(=O)O.[KH]. The molecule has 0 saturated heterocycles. The zero-order valence-electron chi connectivity index (χ0n) is 13.0. The molecule has 0 amide bonds. The fourth-order valence-electron chi connectivity index (χ4n) is 2.29. The van der Waals surface area contributed by atoms with E-state index in [1.807, 2.05) is 0 Å². The Balaban J connectivity index is 0. The third kappa shape index (κ3) is 23.7. The van der Waals surface area contributed by atoms with Crippen molar-refractivity contribution in [2.24, 2.45) is 0 Å². The fraction of sp³-hybridized carbons (Fsp3) is 0.875. The third-order valence-corrected chi connectivity index (χ3v) is 4.03. The van der Waals surface area contributed by atoms with E-state index in [4.69, 9.17) is 4.55 Å². The quantitative estimate of drug-likeness (QED) is 0.279. The number of allylic oxidation sites excluding steroid dienone is 1. The molecule has 0 aliphatic carbocycles. The van der Waals surface area contributed by atoms with Gasteiger partial charge < -0.3 is 0 Å². The van der Waals surface area contributed by atoms with Gasteiger partial charge in [0.05, 0.1) is 5.41 Å². The molecular weight excluding hydrogens is 311 g/mol. The van der Waals surface area contributed by atoms with Gasteiger partial charge >= 0.3 is 51.4 Å². The first kappa shape index (κ1) is 24.5. The average molecular weight is 345 g/mol. The Hall–Kier alpha value is 1.29. The van der Waals surface area contributed by atoms with Crippen LogP contribution in [0.3, 0.4) is 0 Å². The zero-order chi connectivity index (χ0) is 15.1. The average Bonchev–Trinajstić information content (AvgIpc) is 2.38. The van der Waals surface area contributed by atoms with Crippen LogP contribution in [0, 0.1) is 0 Å². The van der Waals surface area contributed by atoms with Crippen molar-refractivity contribution in [1.29, 1.82) is 0 Å². The van der Waals surface area contributed by atoms with Gasteiger partial charge in [-0.25, -0.2) is 0 Å². The maximum atomic E-state index is 10.4. The summed E-state index contributed by atoms with van der Waals surface area (Å²) < 4.78 is 29.3. The first-order valence-corrected chi connectivity index (χ1v) is 9.70. The molecule has 0 saturated carbocycles. The molecule has 0 bridgehead atoms. The molecule has 0 aromatic heterocycles. The van der Waals surface area contributed by atoms with E-state index in [0.717, 1.165) is 24.7 Å². The molecule has 0 radical (unpaired) electrons. The Morgan fingerprint density at radius 2 is 1.14 bits per heavy atom. The van der Waals surface area contributed by atoms with E-state index in [1.165, 1.54) is 70.3 Å². The van der Waals surface area contributed by atoms with E-state index in [0.29, 0.717) is 0 Å². The van der Waals surface area contributed by atoms with Crippen LogP contribution in [0.15, 0.2) is 11.5 Å². The monoisotopic (exact) mass is 344 g/mol. The van der Waals surface area contributed by atoms with Gasteiger partial charge in [0.1, 0.15) is 0 Å². The van der Waals surface area contributed by atoms with Gasteiger partial charge in [0.15, 0.2) is 0 Å². The Kier molecular flexibility index (Phi) is 20.6. The van der Waals surface area contributed by atoms with E-state index < -0.39 is 10.1 Å². The first-order chi connectivity index (χ1) is 9.56. The van der Waals surface area contributed by atoms with Gasteiger partial charge in [-0.15, -0.1) is 0 Å². The molecule has 5 heteroatoms. The summed E-state index contributed by atoms with van der Waals surface area (Å²) in [5.74, 6) is 0. The standard InChI is InChI=1S/C16H32O3S.K.H/c1-2-3-4-5-6-7-8-9-10-11-12-13-14-15-16-20(17,18)19;;/h15-16H,2-14H2,1H3,(H,17,18,19);;. The van der Waals surface area contributed by atoms with Crippen LogP contribution in [0.25, 0.3) is 0 Å². The molecule has 21 heavy (non-hydrogen) atoms. The number of hydrogen-bond acceptors (Lipinski definition) is 2. The van der Waals surface area contributed by atoms with Crippen molar-refractivity contribution >= 4 is 61.5 Å². The summed E-state index contributed by atoms with van der Waals surface area (Å²) in [6.07, 6.45) is 17.9. The van der Waals surface area contributed by atoms with Gasteiger partial charge in [-0.3, -0.25) is 4.55 Å². The van der Waals surface area contributed by atoms with Crippen LogP contribution in [-0.2, 0) is 10.1 Å². The van der Waals surface area contributed by atoms with Crippen molar-refractivity contribution in [2.75, 3.05) is 0 Å². The molecule has 0 unspecified atom stereocenters. The maximum absolute atomic E-state index is 10.4. The molecule has 0 spiro atoms. The van der Waals surface area contributed by atoms with Gasteiger partial charge in [-0.2, -0.15) is 8.42 Å². The molecule has 122 valence electrons. The van der Waals surface area contributed by atoms with Crippen molar-refractivity contribution < 1.29 is 13.0 Å². The van der Waals surface area contributed by atoms with Crippen LogP contribution >= 0.6 is 0 Å². The third-order valence-electron chi connectivity index (χ3n) is 3.49. The Bertz CT molecular complexity index is 326. The molecule has 0 aliphatic heterocycles. The van der Waals surface area contributed by atoms with Crippen molar-refractivity contribution in [2.45, 2.75) is 90.4 Å². The van der Waals surface area contributed by atoms with Gasteiger partial charge in [0.2, 0.25) is 0 Å².